The maximum Gasteiger partial charge on any atom is 0.191 e. The molecule has 0 aliphatic carbocycles. The Morgan fingerprint density at radius 1 is 0.966 bits per heavy atom. The van der Waals surface area contributed by atoms with Gasteiger partial charge in [-0.15, -0.1) is 0 Å². The van der Waals surface area contributed by atoms with E-state index >= 15 is 0 Å². The van der Waals surface area contributed by atoms with Gasteiger partial charge in [-0.3, -0.25) is 4.90 Å². The van der Waals surface area contributed by atoms with E-state index in [1.807, 2.05) is 0 Å². The van der Waals surface area contributed by atoms with Gasteiger partial charge in [-0.25, -0.2) is 4.99 Å². The lowest BCUT2D eigenvalue weighted by atomic mass is 10.1. The Hall–Kier alpha value is -1.63. The summed E-state index contributed by atoms with van der Waals surface area (Å²) in [7, 11) is 0. The molecule has 2 N–H and O–H groups in total. The van der Waals surface area contributed by atoms with Crippen LogP contribution in [0.15, 0.2) is 29.3 Å². The Morgan fingerprint density at radius 3 is 2.48 bits per heavy atom. The molecular weight excluding hydrogens is 362 g/mol. The molecule has 2 saturated heterocycles. The maximum absolute atomic E-state index is 5.47. The molecule has 0 saturated carbocycles. The Balaban J connectivity index is 1.46. The fourth-order valence-corrected chi connectivity index (χ4v) is 4.05. The molecule has 2 fully saturated rings. The fraction of sp³-hybridized carbons (Fsp3) is 0.696. The van der Waals surface area contributed by atoms with Gasteiger partial charge in [0.05, 0.1) is 19.8 Å². The zero-order valence-electron chi connectivity index (χ0n) is 18.2. The van der Waals surface area contributed by atoms with E-state index in [1.54, 1.807) is 0 Å². The van der Waals surface area contributed by atoms with Gasteiger partial charge in [0.2, 0.25) is 0 Å². The number of rotatable bonds is 10. The number of likely N-dealkylation sites (tertiary alicyclic amines) is 1. The third-order valence-electron chi connectivity index (χ3n) is 5.76. The van der Waals surface area contributed by atoms with Gasteiger partial charge in [0, 0.05) is 32.7 Å². The molecular formula is C23H39N5O. The first-order valence-electron chi connectivity index (χ1n) is 11.5. The topological polar surface area (TPSA) is 52.1 Å². The summed E-state index contributed by atoms with van der Waals surface area (Å²) in [5.74, 6) is 0.926. The number of guanidine groups is 1. The molecule has 0 atom stereocenters. The number of ether oxygens (including phenoxy) is 1. The Morgan fingerprint density at radius 2 is 1.72 bits per heavy atom. The van der Waals surface area contributed by atoms with Crippen molar-refractivity contribution in [1.29, 1.82) is 0 Å². The zero-order chi connectivity index (χ0) is 20.2. The second-order valence-electron chi connectivity index (χ2n) is 8.04. The lowest BCUT2D eigenvalue weighted by Crippen LogP contribution is -2.38. The van der Waals surface area contributed by atoms with Crippen molar-refractivity contribution in [3.8, 4) is 0 Å². The van der Waals surface area contributed by atoms with E-state index in [1.165, 1.54) is 56.4 Å². The van der Waals surface area contributed by atoms with Gasteiger partial charge in [0.1, 0.15) is 0 Å². The van der Waals surface area contributed by atoms with Crippen molar-refractivity contribution in [1.82, 2.24) is 20.4 Å². The van der Waals surface area contributed by atoms with E-state index in [2.05, 4.69) is 51.6 Å². The van der Waals surface area contributed by atoms with Crippen LogP contribution >= 0.6 is 0 Å². The lowest BCUT2D eigenvalue weighted by Gasteiger charge is -2.27. The minimum Gasteiger partial charge on any atom is -0.379 e. The van der Waals surface area contributed by atoms with E-state index < -0.39 is 0 Å². The average molecular weight is 402 g/mol. The van der Waals surface area contributed by atoms with Gasteiger partial charge in [-0.1, -0.05) is 24.3 Å². The molecule has 0 amide bonds. The highest BCUT2D eigenvalue weighted by atomic mass is 16.5. The summed E-state index contributed by atoms with van der Waals surface area (Å²) in [6.07, 6.45) is 5.20. The van der Waals surface area contributed by atoms with E-state index in [4.69, 9.17) is 9.73 Å². The van der Waals surface area contributed by atoms with Crippen molar-refractivity contribution < 1.29 is 4.74 Å². The van der Waals surface area contributed by atoms with E-state index in [0.717, 1.165) is 51.9 Å². The molecule has 0 spiro atoms. The molecule has 6 heteroatoms. The zero-order valence-corrected chi connectivity index (χ0v) is 18.2. The number of benzene rings is 1. The molecule has 1 aromatic carbocycles. The van der Waals surface area contributed by atoms with Gasteiger partial charge in [-0.2, -0.15) is 0 Å². The molecule has 2 aliphatic rings. The van der Waals surface area contributed by atoms with Gasteiger partial charge < -0.3 is 20.3 Å². The van der Waals surface area contributed by atoms with Crippen LogP contribution in [0.1, 0.15) is 43.7 Å². The van der Waals surface area contributed by atoms with Crippen molar-refractivity contribution in [2.45, 2.75) is 45.7 Å². The molecule has 3 rings (SSSR count). The van der Waals surface area contributed by atoms with Crippen LogP contribution in [-0.4, -0.2) is 74.8 Å². The number of nitrogens with zero attached hydrogens (tertiary/aromatic N) is 3. The predicted octanol–water partition coefficient (Wildman–Crippen LogP) is 2.45. The molecule has 0 radical (unpaired) electrons. The molecule has 6 nitrogen and oxygen atoms in total. The standard InChI is InChI=1S/C23H39N5O/c1-2-24-23(25-11-5-6-12-27-13-7-8-14-27)26-19-21-9-3-4-10-22(21)20-28-15-17-29-18-16-28/h3-4,9-10H,2,5-8,11-20H2,1H3,(H2,24,25,26). The molecule has 1 aromatic rings. The third kappa shape index (κ3) is 7.96. The van der Waals surface area contributed by atoms with Gasteiger partial charge in [-0.05, 0) is 63.4 Å². The average Bonchev–Trinajstić information content (AvgIpc) is 3.27. The molecule has 0 unspecified atom stereocenters. The van der Waals surface area contributed by atoms with Crippen molar-refractivity contribution in [2.75, 3.05) is 59.0 Å². The molecule has 2 aliphatic heterocycles. The maximum atomic E-state index is 5.47. The van der Waals surface area contributed by atoms with Crippen molar-refractivity contribution in [3.63, 3.8) is 0 Å². The van der Waals surface area contributed by atoms with E-state index in [-0.39, 0.29) is 0 Å². The van der Waals surface area contributed by atoms with Crippen LogP contribution in [0.2, 0.25) is 0 Å². The highest BCUT2D eigenvalue weighted by Gasteiger charge is 2.13. The molecule has 0 aromatic heterocycles. The van der Waals surface area contributed by atoms with Crippen LogP contribution in [0.25, 0.3) is 0 Å². The quantitative estimate of drug-likeness (QED) is 0.358. The smallest absolute Gasteiger partial charge is 0.191 e. The molecule has 0 bridgehead atoms. The summed E-state index contributed by atoms with van der Waals surface area (Å²) in [5.41, 5.74) is 2.69. The van der Waals surface area contributed by atoms with Crippen LogP contribution in [-0.2, 0) is 17.8 Å². The molecule has 162 valence electrons. The number of hydrogen-bond acceptors (Lipinski definition) is 4. The van der Waals surface area contributed by atoms with Crippen molar-refractivity contribution in [3.05, 3.63) is 35.4 Å². The fourth-order valence-electron chi connectivity index (χ4n) is 4.05. The number of nitrogens with one attached hydrogen (secondary N) is 2. The van der Waals surface area contributed by atoms with Gasteiger partial charge in [0.15, 0.2) is 5.96 Å². The van der Waals surface area contributed by atoms with Crippen LogP contribution < -0.4 is 10.6 Å². The Bertz CT molecular complexity index is 609. The largest absolute Gasteiger partial charge is 0.379 e. The Kier molecular flexibility index (Phi) is 9.76. The minimum atomic E-state index is 0.712. The van der Waals surface area contributed by atoms with Gasteiger partial charge >= 0.3 is 0 Å². The van der Waals surface area contributed by atoms with Crippen LogP contribution in [0, 0.1) is 0 Å². The van der Waals surface area contributed by atoms with Crippen molar-refractivity contribution in [2.24, 2.45) is 4.99 Å². The highest BCUT2D eigenvalue weighted by Crippen LogP contribution is 2.14. The number of morpholine rings is 1. The first-order chi connectivity index (χ1) is 14.3. The van der Waals surface area contributed by atoms with Crippen LogP contribution in [0.3, 0.4) is 0 Å². The summed E-state index contributed by atoms with van der Waals surface area (Å²) in [5, 5.41) is 6.90. The molecule has 2 heterocycles. The first-order valence-corrected chi connectivity index (χ1v) is 11.5. The summed E-state index contributed by atoms with van der Waals surface area (Å²) in [6, 6.07) is 8.69. The second kappa shape index (κ2) is 12.8. The highest BCUT2D eigenvalue weighted by molar-refractivity contribution is 5.79. The van der Waals surface area contributed by atoms with Crippen LogP contribution in [0.5, 0.6) is 0 Å². The third-order valence-corrected chi connectivity index (χ3v) is 5.76. The predicted molar refractivity (Wildman–Crippen MR) is 120 cm³/mol. The molecule has 29 heavy (non-hydrogen) atoms. The summed E-state index contributed by atoms with van der Waals surface area (Å²) in [6.45, 7) is 13.2. The minimum absolute atomic E-state index is 0.712. The summed E-state index contributed by atoms with van der Waals surface area (Å²) in [4.78, 5) is 9.91. The second-order valence-corrected chi connectivity index (χ2v) is 8.04. The van der Waals surface area contributed by atoms with Crippen molar-refractivity contribution >= 4 is 5.96 Å². The monoisotopic (exact) mass is 401 g/mol. The Labute approximate surface area is 176 Å². The number of aliphatic imine (C=N–C) groups is 1. The summed E-state index contributed by atoms with van der Waals surface area (Å²) >= 11 is 0. The van der Waals surface area contributed by atoms with Gasteiger partial charge in [0.25, 0.3) is 0 Å². The number of hydrogen-bond donors (Lipinski definition) is 2. The lowest BCUT2D eigenvalue weighted by molar-refractivity contribution is 0.0341. The SMILES string of the molecule is CCNC(=NCc1ccccc1CN1CCOCC1)NCCCCN1CCCC1. The number of unbranched alkanes of at least 4 members (excludes halogenated alkanes) is 1. The normalized spacial score (nSPS) is 18.9. The van der Waals surface area contributed by atoms with Crippen LogP contribution in [0.4, 0.5) is 0 Å². The summed E-state index contributed by atoms with van der Waals surface area (Å²) < 4.78 is 5.47. The first kappa shape index (κ1) is 22.1. The van der Waals surface area contributed by atoms with E-state index in [9.17, 15) is 0 Å². The van der Waals surface area contributed by atoms with E-state index in [0.29, 0.717) is 6.54 Å².